The molecule has 0 fully saturated rings. The molecule has 0 spiro atoms. The van der Waals surface area contributed by atoms with Crippen molar-refractivity contribution in [2.75, 3.05) is 25.7 Å². The first-order valence-corrected chi connectivity index (χ1v) is 8.75. The van der Waals surface area contributed by atoms with Gasteiger partial charge in [0.2, 0.25) is 0 Å². The van der Waals surface area contributed by atoms with Gasteiger partial charge in [-0.3, -0.25) is 4.79 Å². The Hall–Kier alpha value is -1.11. The van der Waals surface area contributed by atoms with Crippen LogP contribution in [0.2, 0.25) is 5.02 Å². The van der Waals surface area contributed by atoms with Crippen LogP contribution in [0, 0.1) is 0 Å². The van der Waals surface area contributed by atoms with Gasteiger partial charge in [-0.05, 0) is 43.0 Å². The second kappa shape index (κ2) is 9.82. The monoisotopic (exact) mass is 347 g/mol. The van der Waals surface area contributed by atoms with Crippen molar-refractivity contribution in [2.45, 2.75) is 25.9 Å². The van der Waals surface area contributed by atoms with Crippen LogP contribution in [0.1, 0.15) is 18.9 Å². The lowest BCUT2D eigenvalue weighted by Crippen LogP contribution is -2.36. The maximum Gasteiger partial charge on any atom is 0.320 e. The number of nitrogens with one attached hydrogen (secondary N) is 1. The van der Waals surface area contributed by atoms with Crippen molar-refractivity contribution in [3.05, 3.63) is 22.7 Å². The number of ether oxygens (including phenoxy) is 2. The van der Waals surface area contributed by atoms with Crippen LogP contribution in [0.25, 0.3) is 0 Å². The first-order chi connectivity index (χ1) is 10.5. The Morgan fingerprint density at radius 1 is 1.50 bits per heavy atom. The fraction of sp³-hybridized carbons (Fsp3) is 0.533. The zero-order valence-corrected chi connectivity index (χ0v) is 14.6. The normalized spacial score (nSPS) is 12.0. The second-order valence-corrected chi connectivity index (χ2v) is 5.99. The van der Waals surface area contributed by atoms with Crippen molar-refractivity contribution in [2.24, 2.45) is 0 Å². The summed E-state index contributed by atoms with van der Waals surface area (Å²) in [6, 6.07) is 2.98. The molecule has 0 aromatic heterocycles. The largest absolute Gasteiger partial charge is 0.493 e. The predicted molar refractivity (Wildman–Crippen MR) is 90.4 cm³/mol. The minimum Gasteiger partial charge on any atom is -0.493 e. The molecule has 0 saturated heterocycles. The summed E-state index contributed by atoms with van der Waals surface area (Å²) >= 11 is 7.83. The maximum absolute atomic E-state index is 11.2. The number of thioether (sulfide) groups is 1. The molecule has 1 unspecified atom stereocenters. The Kier molecular flexibility index (Phi) is 8.45. The zero-order chi connectivity index (χ0) is 16.5. The van der Waals surface area contributed by atoms with Crippen LogP contribution in [0.4, 0.5) is 0 Å². The molecule has 0 amide bonds. The molecule has 1 aromatic rings. The third-order valence-electron chi connectivity index (χ3n) is 3.04. The van der Waals surface area contributed by atoms with Crippen molar-refractivity contribution >= 4 is 29.3 Å². The number of rotatable bonds is 10. The number of aliphatic carboxylic acids is 1. The van der Waals surface area contributed by atoms with Crippen LogP contribution in [0.3, 0.4) is 0 Å². The first kappa shape index (κ1) is 18.9. The number of hydrogen-bond donors (Lipinski definition) is 2. The molecular weight excluding hydrogens is 326 g/mol. The molecule has 22 heavy (non-hydrogen) atoms. The van der Waals surface area contributed by atoms with Gasteiger partial charge in [0.05, 0.1) is 18.7 Å². The summed E-state index contributed by atoms with van der Waals surface area (Å²) in [7, 11) is 1.55. The van der Waals surface area contributed by atoms with Gasteiger partial charge in [-0.2, -0.15) is 11.8 Å². The van der Waals surface area contributed by atoms with E-state index in [1.807, 2.05) is 13.2 Å². The first-order valence-electron chi connectivity index (χ1n) is 6.97. The lowest BCUT2D eigenvalue weighted by atomic mass is 10.1. The Morgan fingerprint density at radius 3 is 2.77 bits per heavy atom. The van der Waals surface area contributed by atoms with Gasteiger partial charge in [-0.25, -0.2) is 0 Å². The van der Waals surface area contributed by atoms with E-state index >= 15 is 0 Å². The lowest BCUT2D eigenvalue weighted by Gasteiger charge is -2.16. The highest BCUT2D eigenvalue weighted by molar-refractivity contribution is 7.98. The van der Waals surface area contributed by atoms with Crippen molar-refractivity contribution in [1.82, 2.24) is 5.32 Å². The number of halogens is 1. The van der Waals surface area contributed by atoms with Gasteiger partial charge >= 0.3 is 5.97 Å². The van der Waals surface area contributed by atoms with Crippen molar-refractivity contribution in [3.63, 3.8) is 0 Å². The quantitative estimate of drug-likeness (QED) is 0.678. The fourth-order valence-corrected chi connectivity index (χ4v) is 2.71. The Labute approximate surface area is 140 Å². The molecule has 0 aliphatic carbocycles. The van der Waals surface area contributed by atoms with Gasteiger partial charge in [-0.1, -0.05) is 11.6 Å². The van der Waals surface area contributed by atoms with E-state index in [1.165, 1.54) is 0 Å². The number of methoxy groups -OCH3 is 1. The van der Waals surface area contributed by atoms with E-state index < -0.39 is 12.0 Å². The van der Waals surface area contributed by atoms with Gasteiger partial charge < -0.3 is 19.9 Å². The smallest absolute Gasteiger partial charge is 0.320 e. The van der Waals surface area contributed by atoms with Crippen molar-refractivity contribution in [1.29, 1.82) is 0 Å². The minimum absolute atomic E-state index is 0.397. The second-order valence-electron chi connectivity index (χ2n) is 4.60. The molecule has 124 valence electrons. The van der Waals surface area contributed by atoms with Gasteiger partial charge in [0.1, 0.15) is 6.04 Å². The summed E-state index contributed by atoms with van der Waals surface area (Å²) in [6.45, 7) is 2.76. The molecular formula is C15H22ClNO4S. The lowest BCUT2D eigenvalue weighted by molar-refractivity contribution is -0.139. The SMILES string of the molecule is CCOc1c(Cl)cc(CNC(CCSC)C(=O)O)cc1OC. The number of carboxylic acid groups (broad SMARTS) is 1. The molecule has 0 aliphatic rings. The van der Waals surface area contributed by atoms with Crippen LogP contribution in [0.5, 0.6) is 11.5 Å². The van der Waals surface area contributed by atoms with Gasteiger partial charge in [-0.15, -0.1) is 0 Å². The molecule has 1 rings (SSSR count). The molecule has 0 heterocycles. The summed E-state index contributed by atoms with van der Waals surface area (Å²) in [5.74, 6) is 0.991. The van der Waals surface area contributed by atoms with E-state index in [0.717, 1.165) is 11.3 Å². The zero-order valence-electron chi connectivity index (χ0n) is 13.0. The molecule has 0 aliphatic heterocycles. The molecule has 5 nitrogen and oxygen atoms in total. The van der Waals surface area contributed by atoms with Crippen LogP contribution < -0.4 is 14.8 Å². The van der Waals surface area contributed by atoms with E-state index in [9.17, 15) is 9.90 Å². The van der Waals surface area contributed by atoms with E-state index in [4.69, 9.17) is 21.1 Å². The summed E-state index contributed by atoms with van der Waals surface area (Å²) < 4.78 is 10.7. The number of carbonyl (C=O) groups is 1. The number of hydrogen-bond acceptors (Lipinski definition) is 5. The average Bonchev–Trinajstić information content (AvgIpc) is 2.49. The van der Waals surface area contributed by atoms with Crippen LogP contribution in [-0.2, 0) is 11.3 Å². The highest BCUT2D eigenvalue weighted by Gasteiger charge is 2.17. The van der Waals surface area contributed by atoms with Gasteiger partial charge in [0.15, 0.2) is 11.5 Å². The standard InChI is InChI=1S/C15H22ClNO4S/c1-4-21-14-11(16)7-10(8-13(14)20-2)9-17-12(15(18)19)5-6-22-3/h7-8,12,17H,4-6,9H2,1-3H3,(H,18,19). The van der Waals surface area contributed by atoms with E-state index in [1.54, 1.807) is 31.0 Å². The highest BCUT2D eigenvalue weighted by Crippen LogP contribution is 2.36. The number of carboxylic acids is 1. The Morgan fingerprint density at radius 2 is 2.23 bits per heavy atom. The van der Waals surface area contributed by atoms with Gasteiger partial charge in [0.25, 0.3) is 0 Å². The van der Waals surface area contributed by atoms with E-state index in [-0.39, 0.29) is 0 Å². The average molecular weight is 348 g/mol. The Balaban J connectivity index is 2.80. The molecule has 2 N–H and O–H groups in total. The van der Waals surface area contributed by atoms with Crippen molar-refractivity contribution in [3.8, 4) is 11.5 Å². The molecule has 7 heteroatoms. The minimum atomic E-state index is -0.849. The third kappa shape index (κ3) is 5.59. The molecule has 0 saturated carbocycles. The summed E-state index contributed by atoms with van der Waals surface area (Å²) in [5, 5.41) is 12.7. The summed E-state index contributed by atoms with van der Waals surface area (Å²) in [4.78, 5) is 11.2. The van der Waals surface area contributed by atoms with Crippen LogP contribution >= 0.6 is 23.4 Å². The predicted octanol–water partition coefficient (Wildman–Crippen LogP) is 3.04. The summed E-state index contributed by atoms with van der Waals surface area (Å²) in [6.07, 6.45) is 2.52. The molecule has 0 bridgehead atoms. The fourth-order valence-electron chi connectivity index (χ4n) is 1.95. The topological polar surface area (TPSA) is 67.8 Å². The third-order valence-corrected chi connectivity index (χ3v) is 3.96. The maximum atomic E-state index is 11.2. The molecule has 1 aromatic carbocycles. The van der Waals surface area contributed by atoms with Crippen molar-refractivity contribution < 1.29 is 19.4 Å². The highest BCUT2D eigenvalue weighted by atomic mass is 35.5. The van der Waals surface area contributed by atoms with Crippen LogP contribution in [-0.4, -0.2) is 42.8 Å². The van der Waals surface area contributed by atoms with E-state index in [0.29, 0.717) is 36.1 Å². The molecule has 1 atom stereocenters. The number of benzene rings is 1. The Bertz CT molecular complexity index is 499. The van der Waals surface area contributed by atoms with Gasteiger partial charge in [0, 0.05) is 6.54 Å². The van der Waals surface area contributed by atoms with E-state index in [2.05, 4.69) is 5.32 Å². The van der Waals surface area contributed by atoms with Crippen LogP contribution in [0.15, 0.2) is 12.1 Å². The summed E-state index contributed by atoms with van der Waals surface area (Å²) in [5.41, 5.74) is 0.848. The molecule has 0 radical (unpaired) electrons.